The summed E-state index contributed by atoms with van der Waals surface area (Å²) in [6, 6.07) is 12.9. The zero-order chi connectivity index (χ0) is 16.0. The second-order valence-corrected chi connectivity index (χ2v) is 6.18. The van der Waals surface area contributed by atoms with Crippen molar-refractivity contribution in [3.8, 4) is 28.3 Å². The van der Waals surface area contributed by atoms with Gasteiger partial charge in [-0.1, -0.05) is 12.1 Å². The van der Waals surface area contributed by atoms with E-state index >= 15 is 0 Å². The standard InChI is InChI=1S/C20H22N2O/c1-4-23-17-8-6-16(7-9-17)18-13-21-11-12-22-14(2)5-10-19(22)20(21)15(18)3/h5-10,13H,4,11-12H2,1-3H3. The Labute approximate surface area is 137 Å². The van der Waals surface area contributed by atoms with Crippen LogP contribution in [0.15, 0.2) is 42.6 Å². The molecule has 0 fully saturated rings. The van der Waals surface area contributed by atoms with Gasteiger partial charge in [-0.05, 0) is 56.2 Å². The van der Waals surface area contributed by atoms with Crippen molar-refractivity contribution in [1.82, 2.24) is 9.13 Å². The van der Waals surface area contributed by atoms with E-state index in [2.05, 4.69) is 65.6 Å². The van der Waals surface area contributed by atoms with Gasteiger partial charge in [0.25, 0.3) is 0 Å². The monoisotopic (exact) mass is 306 g/mol. The van der Waals surface area contributed by atoms with E-state index in [-0.39, 0.29) is 0 Å². The van der Waals surface area contributed by atoms with Crippen LogP contribution in [0.3, 0.4) is 0 Å². The zero-order valence-electron chi connectivity index (χ0n) is 14.0. The maximum atomic E-state index is 5.55. The number of rotatable bonds is 3. The summed E-state index contributed by atoms with van der Waals surface area (Å²) >= 11 is 0. The van der Waals surface area contributed by atoms with Crippen molar-refractivity contribution in [2.45, 2.75) is 33.9 Å². The van der Waals surface area contributed by atoms with Crippen molar-refractivity contribution < 1.29 is 4.74 Å². The normalized spacial score (nSPS) is 12.8. The molecule has 3 heterocycles. The van der Waals surface area contributed by atoms with E-state index in [9.17, 15) is 0 Å². The van der Waals surface area contributed by atoms with Crippen molar-refractivity contribution in [3.63, 3.8) is 0 Å². The highest BCUT2D eigenvalue weighted by atomic mass is 16.5. The molecule has 1 aliphatic rings. The number of hydrogen-bond donors (Lipinski definition) is 0. The Morgan fingerprint density at radius 2 is 1.78 bits per heavy atom. The highest BCUT2D eigenvalue weighted by Crippen LogP contribution is 2.37. The van der Waals surface area contributed by atoms with Crippen LogP contribution < -0.4 is 4.74 Å². The van der Waals surface area contributed by atoms with Crippen LogP contribution in [0.25, 0.3) is 22.5 Å². The minimum atomic E-state index is 0.704. The molecule has 23 heavy (non-hydrogen) atoms. The number of aromatic nitrogens is 2. The van der Waals surface area contributed by atoms with E-state index in [0.29, 0.717) is 6.61 Å². The predicted molar refractivity (Wildman–Crippen MR) is 93.9 cm³/mol. The highest BCUT2D eigenvalue weighted by Gasteiger charge is 2.22. The fraction of sp³-hybridized carbons (Fsp3) is 0.300. The fourth-order valence-electron chi connectivity index (χ4n) is 3.64. The third-order valence-electron chi connectivity index (χ3n) is 4.81. The van der Waals surface area contributed by atoms with Crippen molar-refractivity contribution in [3.05, 3.63) is 53.9 Å². The molecule has 0 spiro atoms. The quantitative estimate of drug-likeness (QED) is 0.689. The minimum absolute atomic E-state index is 0.704. The van der Waals surface area contributed by atoms with E-state index in [1.54, 1.807) is 0 Å². The average Bonchev–Trinajstić information content (AvgIpc) is 3.10. The topological polar surface area (TPSA) is 19.1 Å². The minimum Gasteiger partial charge on any atom is -0.494 e. The molecule has 0 unspecified atom stereocenters. The third-order valence-corrected chi connectivity index (χ3v) is 4.81. The van der Waals surface area contributed by atoms with Crippen LogP contribution >= 0.6 is 0 Å². The van der Waals surface area contributed by atoms with Gasteiger partial charge >= 0.3 is 0 Å². The molecule has 0 atom stereocenters. The van der Waals surface area contributed by atoms with Crippen molar-refractivity contribution in [2.24, 2.45) is 0 Å². The van der Waals surface area contributed by atoms with Gasteiger partial charge in [-0.3, -0.25) is 0 Å². The summed E-state index contributed by atoms with van der Waals surface area (Å²) in [5, 5.41) is 0. The van der Waals surface area contributed by atoms with Crippen LogP contribution in [0.4, 0.5) is 0 Å². The molecule has 2 aromatic heterocycles. The van der Waals surface area contributed by atoms with Crippen molar-refractivity contribution >= 4 is 0 Å². The SMILES string of the molecule is CCOc1ccc(-c2cn3c(c2C)-c2ccc(C)n2CC3)cc1. The van der Waals surface area contributed by atoms with Crippen LogP contribution in [0.1, 0.15) is 18.2 Å². The lowest BCUT2D eigenvalue weighted by atomic mass is 10.0. The largest absolute Gasteiger partial charge is 0.494 e. The number of benzene rings is 1. The first-order valence-electron chi connectivity index (χ1n) is 8.28. The van der Waals surface area contributed by atoms with Crippen LogP contribution in [-0.2, 0) is 13.1 Å². The van der Waals surface area contributed by atoms with E-state index in [1.165, 1.54) is 33.8 Å². The van der Waals surface area contributed by atoms with E-state index in [4.69, 9.17) is 4.74 Å². The Morgan fingerprint density at radius 3 is 2.52 bits per heavy atom. The van der Waals surface area contributed by atoms with Crippen LogP contribution in [-0.4, -0.2) is 15.7 Å². The van der Waals surface area contributed by atoms with Gasteiger partial charge in [0.15, 0.2) is 0 Å². The lowest BCUT2D eigenvalue weighted by molar-refractivity contribution is 0.340. The summed E-state index contributed by atoms with van der Waals surface area (Å²) in [5.74, 6) is 0.933. The number of aryl methyl sites for hydroxylation is 2. The molecular weight excluding hydrogens is 284 g/mol. The summed E-state index contributed by atoms with van der Waals surface area (Å²) in [7, 11) is 0. The van der Waals surface area contributed by atoms with Gasteiger partial charge in [0.1, 0.15) is 5.75 Å². The van der Waals surface area contributed by atoms with Gasteiger partial charge < -0.3 is 13.9 Å². The molecule has 0 saturated carbocycles. The lowest BCUT2D eigenvalue weighted by Crippen LogP contribution is -2.16. The molecule has 0 radical (unpaired) electrons. The zero-order valence-corrected chi connectivity index (χ0v) is 14.0. The van der Waals surface area contributed by atoms with Gasteiger partial charge in [0, 0.05) is 30.5 Å². The highest BCUT2D eigenvalue weighted by molar-refractivity contribution is 5.77. The predicted octanol–water partition coefficient (Wildman–Crippen LogP) is 4.65. The Hall–Kier alpha value is -2.42. The van der Waals surface area contributed by atoms with Crippen molar-refractivity contribution in [1.29, 1.82) is 0 Å². The smallest absolute Gasteiger partial charge is 0.119 e. The molecule has 1 aromatic carbocycles. The first kappa shape index (κ1) is 14.2. The first-order valence-corrected chi connectivity index (χ1v) is 8.28. The number of hydrogen-bond acceptors (Lipinski definition) is 1. The second-order valence-electron chi connectivity index (χ2n) is 6.18. The molecule has 118 valence electrons. The molecule has 3 aromatic rings. The molecule has 0 aliphatic carbocycles. The third kappa shape index (κ3) is 2.19. The first-order chi connectivity index (χ1) is 11.2. The molecule has 0 bridgehead atoms. The number of nitrogens with zero attached hydrogens (tertiary/aromatic N) is 2. The summed E-state index contributed by atoms with van der Waals surface area (Å²) < 4.78 is 10.4. The van der Waals surface area contributed by atoms with Gasteiger partial charge in [-0.15, -0.1) is 0 Å². The molecule has 4 rings (SSSR count). The van der Waals surface area contributed by atoms with Gasteiger partial charge in [0.05, 0.1) is 18.0 Å². The number of fused-ring (bicyclic) bond motifs is 3. The summed E-state index contributed by atoms with van der Waals surface area (Å²) in [6.45, 7) is 9.22. The molecular formula is C20H22N2O. The van der Waals surface area contributed by atoms with E-state index in [1.807, 2.05) is 6.92 Å². The summed E-state index contributed by atoms with van der Waals surface area (Å²) in [6.07, 6.45) is 2.30. The van der Waals surface area contributed by atoms with Crippen LogP contribution in [0.5, 0.6) is 5.75 Å². The molecule has 0 amide bonds. The Morgan fingerprint density at radius 1 is 1.00 bits per heavy atom. The average molecular weight is 306 g/mol. The molecule has 0 saturated heterocycles. The van der Waals surface area contributed by atoms with E-state index in [0.717, 1.165) is 18.8 Å². The van der Waals surface area contributed by atoms with Crippen LogP contribution in [0.2, 0.25) is 0 Å². The van der Waals surface area contributed by atoms with E-state index < -0.39 is 0 Å². The molecule has 0 N–H and O–H groups in total. The van der Waals surface area contributed by atoms with Crippen LogP contribution in [0, 0.1) is 13.8 Å². The maximum Gasteiger partial charge on any atom is 0.119 e. The number of ether oxygens (including phenoxy) is 1. The Kier molecular flexibility index (Phi) is 3.29. The molecule has 3 heteroatoms. The van der Waals surface area contributed by atoms with Crippen molar-refractivity contribution in [2.75, 3.05) is 6.61 Å². The lowest BCUT2D eigenvalue weighted by Gasteiger charge is -2.21. The summed E-state index contributed by atoms with van der Waals surface area (Å²) in [5.41, 5.74) is 7.96. The maximum absolute atomic E-state index is 5.55. The van der Waals surface area contributed by atoms with Gasteiger partial charge in [-0.25, -0.2) is 0 Å². The van der Waals surface area contributed by atoms with Gasteiger partial charge in [0.2, 0.25) is 0 Å². The Balaban J connectivity index is 1.79. The Bertz CT molecular complexity index is 853. The molecule has 3 nitrogen and oxygen atoms in total. The summed E-state index contributed by atoms with van der Waals surface area (Å²) in [4.78, 5) is 0. The molecule has 1 aliphatic heterocycles. The fourth-order valence-corrected chi connectivity index (χ4v) is 3.64. The van der Waals surface area contributed by atoms with Gasteiger partial charge in [-0.2, -0.15) is 0 Å². The second kappa shape index (κ2) is 5.34.